The summed E-state index contributed by atoms with van der Waals surface area (Å²) < 4.78 is 11.6. The predicted molar refractivity (Wildman–Crippen MR) is 120 cm³/mol. The summed E-state index contributed by atoms with van der Waals surface area (Å²) in [6.45, 7) is 9.01. The molecule has 1 N–H and O–H groups in total. The van der Waals surface area contributed by atoms with Gasteiger partial charge < -0.3 is 14.6 Å². The molecule has 2 atom stereocenters. The third-order valence-corrected chi connectivity index (χ3v) is 5.36. The fraction of sp³-hybridized carbons (Fsp3) is 0.458. The zero-order valence-corrected chi connectivity index (χ0v) is 19.1. The smallest absolute Gasteiger partial charge is 0.410 e. The number of aliphatic hydroxyl groups excluding tert-OH is 1. The summed E-state index contributed by atoms with van der Waals surface area (Å²) in [6.07, 6.45) is -1.10. The van der Waals surface area contributed by atoms with Gasteiger partial charge in [-0.2, -0.15) is 0 Å². The number of aliphatic hydroxyl groups is 1. The van der Waals surface area contributed by atoms with Crippen molar-refractivity contribution in [3.63, 3.8) is 0 Å². The van der Waals surface area contributed by atoms with Crippen molar-refractivity contribution < 1.29 is 24.3 Å². The molecule has 1 aliphatic heterocycles. The van der Waals surface area contributed by atoms with E-state index < -0.39 is 34.4 Å². The van der Waals surface area contributed by atoms with Crippen molar-refractivity contribution in [1.29, 1.82) is 0 Å². The van der Waals surface area contributed by atoms with E-state index in [2.05, 4.69) is 0 Å². The Labute approximate surface area is 187 Å². The van der Waals surface area contributed by atoms with Crippen LogP contribution >= 0.6 is 0 Å². The number of hydrogen-bond acceptors (Lipinski definition) is 6. The molecular formula is C24H30N2O6. The summed E-state index contributed by atoms with van der Waals surface area (Å²) in [5, 5.41) is 22.5. The van der Waals surface area contributed by atoms with Crippen LogP contribution in [-0.2, 0) is 11.2 Å². The second-order valence-corrected chi connectivity index (χ2v) is 9.48. The summed E-state index contributed by atoms with van der Waals surface area (Å²) in [5.41, 5.74) is -0.402. The molecule has 3 rings (SSSR count). The lowest BCUT2D eigenvalue weighted by Crippen LogP contribution is -2.55. The van der Waals surface area contributed by atoms with Gasteiger partial charge in [-0.25, -0.2) is 4.79 Å². The maximum absolute atomic E-state index is 13.3. The van der Waals surface area contributed by atoms with Crippen LogP contribution < -0.4 is 4.74 Å². The third kappa shape index (κ3) is 5.19. The Morgan fingerprint density at radius 1 is 1.22 bits per heavy atom. The SMILES string of the molecule is CC(C)(C)OC(=O)N(CCc1ccccc1)[C@H]1c2ccc([N+](=O)[O-])cc2OC(C)(C)[C@@H]1O. The number of non-ortho nitro benzene ring substituents is 1. The van der Waals surface area contributed by atoms with Gasteiger partial charge in [0, 0.05) is 18.2 Å². The first kappa shape index (κ1) is 23.5. The number of nitro benzene ring substituents is 1. The van der Waals surface area contributed by atoms with Crippen LogP contribution in [0.15, 0.2) is 48.5 Å². The van der Waals surface area contributed by atoms with E-state index in [9.17, 15) is 20.0 Å². The molecule has 0 bridgehead atoms. The zero-order chi connectivity index (χ0) is 23.7. The molecule has 0 saturated carbocycles. The van der Waals surface area contributed by atoms with E-state index in [4.69, 9.17) is 9.47 Å². The second kappa shape index (κ2) is 8.78. The first-order valence-corrected chi connectivity index (χ1v) is 10.6. The molecule has 1 amide bonds. The van der Waals surface area contributed by atoms with Crippen molar-refractivity contribution in [1.82, 2.24) is 4.90 Å². The van der Waals surface area contributed by atoms with Crippen molar-refractivity contribution in [3.05, 3.63) is 69.8 Å². The zero-order valence-electron chi connectivity index (χ0n) is 19.1. The van der Waals surface area contributed by atoms with Gasteiger partial charge in [0.1, 0.15) is 23.1 Å². The Morgan fingerprint density at radius 3 is 2.47 bits per heavy atom. The third-order valence-electron chi connectivity index (χ3n) is 5.36. The summed E-state index contributed by atoms with van der Waals surface area (Å²) in [7, 11) is 0. The fourth-order valence-corrected chi connectivity index (χ4v) is 3.76. The van der Waals surface area contributed by atoms with Crippen molar-refractivity contribution in [2.45, 2.75) is 64.4 Å². The molecule has 0 spiro atoms. The fourth-order valence-electron chi connectivity index (χ4n) is 3.76. The number of carbonyl (C=O) groups is 1. The molecule has 0 aromatic heterocycles. The van der Waals surface area contributed by atoms with E-state index in [1.807, 2.05) is 30.3 Å². The molecule has 2 aromatic rings. The normalized spacial score (nSPS) is 19.4. The molecule has 0 saturated heterocycles. The minimum absolute atomic E-state index is 0.122. The standard InChI is InChI=1S/C24H30N2O6/c1-23(2,3)32-22(28)25(14-13-16-9-7-6-8-10-16)20-18-12-11-17(26(29)30)15-19(18)31-24(4,5)21(20)27/h6-12,15,20-21,27H,13-14H2,1-5H3/t20-,21+/m0/s1. The summed E-state index contributed by atoms with van der Waals surface area (Å²) >= 11 is 0. The molecule has 0 aliphatic carbocycles. The van der Waals surface area contributed by atoms with Gasteiger partial charge in [0.05, 0.1) is 17.0 Å². The van der Waals surface area contributed by atoms with Gasteiger partial charge in [0.15, 0.2) is 0 Å². The van der Waals surface area contributed by atoms with E-state index in [0.29, 0.717) is 12.0 Å². The number of nitro groups is 1. The van der Waals surface area contributed by atoms with Gasteiger partial charge in [-0.1, -0.05) is 30.3 Å². The minimum atomic E-state index is -1.08. The lowest BCUT2D eigenvalue weighted by molar-refractivity contribution is -0.385. The van der Waals surface area contributed by atoms with Gasteiger partial charge >= 0.3 is 6.09 Å². The van der Waals surface area contributed by atoms with E-state index in [0.717, 1.165) is 5.56 Å². The van der Waals surface area contributed by atoms with Crippen LogP contribution in [-0.4, -0.2) is 44.9 Å². The molecule has 32 heavy (non-hydrogen) atoms. The molecule has 0 fully saturated rings. The number of hydrogen-bond donors (Lipinski definition) is 1. The van der Waals surface area contributed by atoms with Gasteiger partial charge in [-0.05, 0) is 52.7 Å². The Balaban J connectivity index is 2.04. The van der Waals surface area contributed by atoms with Gasteiger partial charge in [0.25, 0.3) is 5.69 Å². The number of carbonyl (C=O) groups excluding carboxylic acids is 1. The lowest BCUT2D eigenvalue weighted by Gasteiger charge is -2.46. The van der Waals surface area contributed by atoms with Gasteiger partial charge in [0.2, 0.25) is 0 Å². The van der Waals surface area contributed by atoms with E-state index in [-0.39, 0.29) is 18.0 Å². The van der Waals surface area contributed by atoms with Crippen LogP contribution in [0.25, 0.3) is 0 Å². The van der Waals surface area contributed by atoms with Crippen LogP contribution in [0.1, 0.15) is 51.8 Å². The monoisotopic (exact) mass is 442 g/mol. The first-order valence-electron chi connectivity index (χ1n) is 10.6. The van der Waals surface area contributed by atoms with Crippen LogP contribution in [0.5, 0.6) is 5.75 Å². The van der Waals surface area contributed by atoms with Crippen molar-refractivity contribution in [3.8, 4) is 5.75 Å². The lowest BCUT2D eigenvalue weighted by atomic mass is 9.85. The Bertz CT molecular complexity index is 984. The molecule has 0 unspecified atom stereocenters. The largest absolute Gasteiger partial charge is 0.484 e. The highest BCUT2D eigenvalue weighted by molar-refractivity contribution is 5.69. The van der Waals surface area contributed by atoms with Gasteiger partial charge in [-0.3, -0.25) is 15.0 Å². The number of fused-ring (bicyclic) bond motifs is 1. The summed E-state index contributed by atoms with van der Waals surface area (Å²) in [5.74, 6) is 0.271. The molecule has 172 valence electrons. The molecule has 1 heterocycles. The van der Waals surface area contributed by atoms with Crippen LogP contribution in [0.4, 0.5) is 10.5 Å². The quantitative estimate of drug-likeness (QED) is 0.534. The Hall–Kier alpha value is -3.13. The van der Waals surface area contributed by atoms with E-state index in [1.165, 1.54) is 23.1 Å². The number of ether oxygens (including phenoxy) is 2. The molecule has 0 radical (unpaired) electrons. The van der Waals surface area contributed by atoms with E-state index in [1.54, 1.807) is 34.6 Å². The molecule has 2 aromatic carbocycles. The number of amides is 1. The Morgan fingerprint density at radius 2 is 1.88 bits per heavy atom. The first-order chi connectivity index (χ1) is 14.9. The second-order valence-electron chi connectivity index (χ2n) is 9.48. The van der Waals surface area contributed by atoms with Crippen LogP contribution in [0.2, 0.25) is 0 Å². The topological polar surface area (TPSA) is 102 Å². The van der Waals surface area contributed by atoms with Crippen LogP contribution in [0, 0.1) is 10.1 Å². The van der Waals surface area contributed by atoms with Crippen LogP contribution in [0.3, 0.4) is 0 Å². The van der Waals surface area contributed by atoms with E-state index >= 15 is 0 Å². The highest BCUT2D eigenvalue weighted by atomic mass is 16.6. The Kier molecular flexibility index (Phi) is 6.46. The molecule has 1 aliphatic rings. The molecular weight excluding hydrogens is 412 g/mol. The molecule has 8 heteroatoms. The number of nitrogens with zero attached hydrogens (tertiary/aromatic N) is 2. The van der Waals surface area contributed by atoms with Crippen molar-refractivity contribution >= 4 is 11.8 Å². The summed E-state index contributed by atoms with van der Waals surface area (Å²) in [4.78, 5) is 25.5. The van der Waals surface area contributed by atoms with Crippen molar-refractivity contribution in [2.75, 3.05) is 6.54 Å². The highest BCUT2D eigenvalue weighted by Gasteiger charge is 2.47. The average Bonchev–Trinajstić information content (AvgIpc) is 2.69. The van der Waals surface area contributed by atoms with Crippen molar-refractivity contribution in [2.24, 2.45) is 0 Å². The number of rotatable bonds is 5. The summed E-state index contributed by atoms with van der Waals surface area (Å²) in [6, 6.07) is 13.1. The maximum atomic E-state index is 13.3. The van der Waals surface area contributed by atoms with Gasteiger partial charge in [-0.15, -0.1) is 0 Å². The maximum Gasteiger partial charge on any atom is 0.410 e. The minimum Gasteiger partial charge on any atom is -0.484 e. The average molecular weight is 443 g/mol. The molecule has 8 nitrogen and oxygen atoms in total. The number of benzene rings is 2. The highest BCUT2D eigenvalue weighted by Crippen LogP contribution is 2.44. The predicted octanol–water partition coefficient (Wildman–Crippen LogP) is 4.65.